The fourth-order valence-electron chi connectivity index (χ4n) is 1.20. The second kappa shape index (κ2) is 6.33. The van der Waals surface area contributed by atoms with Crippen LogP contribution in [0.5, 0.6) is 0 Å². The number of unbranched alkanes of at least 4 members (excludes halogenated alkanes) is 1. The van der Waals surface area contributed by atoms with Crippen molar-refractivity contribution in [2.45, 2.75) is 26.2 Å². The fourth-order valence-corrected chi connectivity index (χ4v) is 2.11. The number of halogens is 3. The highest BCUT2D eigenvalue weighted by Crippen LogP contribution is 2.33. The summed E-state index contributed by atoms with van der Waals surface area (Å²) in [4.78, 5) is 11.5. The van der Waals surface area contributed by atoms with Gasteiger partial charge in [0, 0.05) is 11.4 Å². The SMILES string of the molecule is CCCCC(=O)Nc1c(Cl)cc(Cl)cc1Cl. The Hall–Kier alpha value is -0.440. The summed E-state index contributed by atoms with van der Waals surface area (Å²) in [5.41, 5.74) is 0.425. The molecule has 1 aromatic carbocycles. The van der Waals surface area contributed by atoms with Crippen LogP contribution in [0, 0.1) is 0 Å². The molecule has 0 aliphatic carbocycles. The van der Waals surface area contributed by atoms with E-state index in [9.17, 15) is 4.79 Å². The largest absolute Gasteiger partial charge is 0.324 e. The summed E-state index contributed by atoms with van der Waals surface area (Å²) < 4.78 is 0. The lowest BCUT2D eigenvalue weighted by Crippen LogP contribution is -2.11. The molecule has 88 valence electrons. The number of hydrogen-bond acceptors (Lipinski definition) is 1. The standard InChI is InChI=1S/C11H12Cl3NO/c1-2-3-4-10(16)15-11-8(13)5-7(12)6-9(11)14/h5-6H,2-4H2,1H3,(H,15,16). The van der Waals surface area contributed by atoms with Gasteiger partial charge in [-0.15, -0.1) is 0 Å². The number of hydrogen-bond donors (Lipinski definition) is 1. The number of benzene rings is 1. The highest BCUT2D eigenvalue weighted by Gasteiger charge is 2.10. The third-order valence-corrected chi connectivity index (χ3v) is 2.84. The van der Waals surface area contributed by atoms with E-state index < -0.39 is 0 Å². The molecular formula is C11H12Cl3NO. The van der Waals surface area contributed by atoms with Crippen molar-refractivity contribution in [1.29, 1.82) is 0 Å². The molecule has 0 aliphatic heterocycles. The minimum Gasteiger partial charge on any atom is -0.324 e. The molecule has 16 heavy (non-hydrogen) atoms. The van der Waals surface area contributed by atoms with Gasteiger partial charge in [-0.3, -0.25) is 4.79 Å². The molecule has 1 amide bonds. The van der Waals surface area contributed by atoms with Gasteiger partial charge in [0.05, 0.1) is 15.7 Å². The van der Waals surface area contributed by atoms with Gasteiger partial charge < -0.3 is 5.32 Å². The molecule has 5 heteroatoms. The molecule has 0 atom stereocenters. The lowest BCUT2D eigenvalue weighted by molar-refractivity contribution is -0.116. The number of rotatable bonds is 4. The molecule has 0 radical (unpaired) electrons. The van der Waals surface area contributed by atoms with Gasteiger partial charge in [-0.1, -0.05) is 48.1 Å². The zero-order valence-corrected chi connectivity index (χ0v) is 11.1. The molecule has 0 saturated carbocycles. The number of nitrogens with one attached hydrogen (secondary N) is 1. The summed E-state index contributed by atoms with van der Waals surface area (Å²) in [6, 6.07) is 3.09. The van der Waals surface area contributed by atoms with Crippen LogP contribution in [-0.2, 0) is 4.79 Å². The molecule has 0 fully saturated rings. The Kier molecular flexibility index (Phi) is 5.39. The summed E-state index contributed by atoms with van der Waals surface area (Å²) in [5.74, 6) is -0.0898. The van der Waals surface area contributed by atoms with Crippen molar-refractivity contribution >= 4 is 46.4 Å². The van der Waals surface area contributed by atoms with Gasteiger partial charge in [0.25, 0.3) is 0 Å². The van der Waals surface area contributed by atoms with Gasteiger partial charge in [0.2, 0.25) is 5.91 Å². The predicted molar refractivity (Wildman–Crippen MR) is 69.6 cm³/mol. The molecule has 0 saturated heterocycles. The van der Waals surface area contributed by atoms with E-state index in [4.69, 9.17) is 34.8 Å². The molecule has 1 N–H and O–H groups in total. The third-order valence-electron chi connectivity index (χ3n) is 2.03. The van der Waals surface area contributed by atoms with Crippen LogP contribution in [0.4, 0.5) is 5.69 Å². The van der Waals surface area contributed by atoms with Crippen molar-refractivity contribution < 1.29 is 4.79 Å². The maximum atomic E-state index is 11.5. The predicted octanol–water partition coefficient (Wildman–Crippen LogP) is 4.78. The number of amides is 1. The van der Waals surface area contributed by atoms with E-state index in [0.717, 1.165) is 12.8 Å². The molecule has 1 rings (SSSR count). The van der Waals surface area contributed by atoms with Crippen LogP contribution in [0.25, 0.3) is 0 Å². The molecule has 0 unspecified atom stereocenters. The molecule has 0 spiro atoms. The van der Waals surface area contributed by atoms with E-state index in [0.29, 0.717) is 27.2 Å². The average Bonchev–Trinajstić information content (AvgIpc) is 2.20. The Bertz CT molecular complexity index is 370. The van der Waals surface area contributed by atoms with E-state index >= 15 is 0 Å². The Morgan fingerprint density at radius 1 is 1.25 bits per heavy atom. The molecule has 2 nitrogen and oxygen atoms in total. The molecule has 1 aromatic rings. The quantitative estimate of drug-likeness (QED) is 0.845. The minimum atomic E-state index is -0.0898. The van der Waals surface area contributed by atoms with Gasteiger partial charge in [-0.2, -0.15) is 0 Å². The van der Waals surface area contributed by atoms with Crippen molar-refractivity contribution in [3.63, 3.8) is 0 Å². The number of anilines is 1. The number of carbonyl (C=O) groups is 1. The van der Waals surface area contributed by atoms with E-state index in [-0.39, 0.29) is 5.91 Å². The topological polar surface area (TPSA) is 29.1 Å². The Morgan fingerprint density at radius 2 is 1.81 bits per heavy atom. The van der Waals surface area contributed by atoms with Crippen LogP contribution in [0.2, 0.25) is 15.1 Å². The molecule has 0 bridgehead atoms. The first-order valence-corrected chi connectivity index (χ1v) is 6.12. The number of carbonyl (C=O) groups excluding carboxylic acids is 1. The lowest BCUT2D eigenvalue weighted by atomic mass is 10.2. The normalized spacial score (nSPS) is 10.2. The third kappa shape index (κ3) is 3.85. The average molecular weight is 281 g/mol. The van der Waals surface area contributed by atoms with Crippen LogP contribution >= 0.6 is 34.8 Å². The van der Waals surface area contributed by atoms with Gasteiger partial charge in [0.1, 0.15) is 0 Å². The highest BCUT2D eigenvalue weighted by molar-refractivity contribution is 6.42. The maximum Gasteiger partial charge on any atom is 0.224 e. The lowest BCUT2D eigenvalue weighted by Gasteiger charge is -2.09. The molecule has 0 aromatic heterocycles. The van der Waals surface area contributed by atoms with Crippen molar-refractivity contribution in [2.75, 3.05) is 5.32 Å². The maximum absolute atomic E-state index is 11.5. The molecule has 0 aliphatic rings. The Labute approximate surface area is 110 Å². The first-order valence-electron chi connectivity index (χ1n) is 4.99. The Balaban J connectivity index is 2.77. The first kappa shape index (κ1) is 13.6. The van der Waals surface area contributed by atoms with E-state index in [1.54, 1.807) is 12.1 Å². The van der Waals surface area contributed by atoms with E-state index in [1.807, 2.05) is 6.92 Å². The van der Waals surface area contributed by atoms with Crippen LogP contribution in [0.15, 0.2) is 12.1 Å². The van der Waals surface area contributed by atoms with Crippen molar-refractivity contribution in [3.8, 4) is 0 Å². The van der Waals surface area contributed by atoms with E-state index in [1.165, 1.54) is 0 Å². The first-order chi connectivity index (χ1) is 7.54. The van der Waals surface area contributed by atoms with Gasteiger partial charge >= 0.3 is 0 Å². The zero-order chi connectivity index (χ0) is 12.1. The zero-order valence-electron chi connectivity index (χ0n) is 8.82. The summed E-state index contributed by atoms with van der Waals surface area (Å²) >= 11 is 17.6. The van der Waals surface area contributed by atoms with Crippen molar-refractivity contribution in [1.82, 2.24) is 0 Å². The smallest absolute Gasteiger partial charge is 0.224 e. The van der Waals surface area contributed by atoms with Crippen LogP contribution in [0.1, 0.15) is 26.2 Å². The van der Waals surface area contributed by atoms with Gasteiger partial charge in [-0.25, -0.2) is 0 Å². The van der Waals surface area contributed by atoms with Crippen molar-refractivity contribution in [3.05, 3.63) is 27.2 Å². The Morgan fingerprint density at radius 3 is 2.31 bits per heavy atom. The fraction of sp³-hybridized carbons (Fsp3) is 0.364. The monoisotopic (exact) mass is 279 g/mol. The van der Waals surface area contributed by atoms with Crippen LogP contribution in [-0.4, -0.2) is 5.91 Å². The second-order valence-corrected chi connectivity index (χ2v) is 4.65. The van der Waals surface area contributed by atoms with Crippen LogP contribution < -0.4 is 5.32 Å². The van der Waals surface area contributed by atoms with Gasteiger partial charge in [0.15, 0.2) is 0 Å². The second-order valence-electron chi connectivity index (χ2n) is 3.40. The summed E-state index contributed by atoms with van der Waals surface area (Å²) in [5, 5.41) is 3.82. The molecule has 0 heterocycles. The van der Waals surface area contributed by atoms with Crippen LogP contribution in [0.3, 0.4) is 0 Å². The highest BCUT2D eigenvalue weighted by atomic mass is 35.5. The summed E-state index contributed by atoms with van der Waals surface area (Å²) in [6.45, 7) is 2.02. The van der Waals surface area contributed by atoms with E-state index in [2.05, 4.69) is 5.32 Å². The summed E-state index contributed by atoms with van der Waals surface area (Å²) in [6.07, 6.45) is 2.27. The van der Waals surface area contributed by atoms with Crippen molar-refractivity contribution in [2.24, 2.45) is 0 Å². The van der Waals surface area contributed by atoms with Gasteiger partial charge in [-0.05, 0) is 18.6 Å². The molecular weight excluding hydrogens is 268 g/mol. The minimum absolute atomic E-state index is 0.0898. The summed E-state index contributed by atoms with van der Waals surface area (Å²) in [7, 11) is 0.